The molecule has 0 N–H and O–H groups in total. The average Bonchev–Trinajstić information content (AvgIpc) is 3.43. The lowest BCUT2D eigenvalue weighted by molar-refractivity contribution is 0.0724. The predicted octanol–water partition coefficient (Wildman–Crippen LogP) is 4.93. The molecule has 5 heterocycles. The number of nitrogens with zero attached hydrogens (tertiary/aromatic N) is 7. The fraction of sp³-hybridized carbons (Fsp3) is 0.484. The van der Waals surface area contributed by atoms with Gasteiger partial charge in [-0.3, -0.25) is 4.79 Å². The van der Waals surface area contributed by atoms with E-state index in [0.717, 1.165) is 106 Å². The number of carbonyl (C=O) groups excluding carboxylic acids is 1. The van der Waals surface area contributed by atoms with Crippen molar-refractivity contribution in [2.24, 2.45) is 0 Å². The minimum Gasteiger partial charge on any atom is -0.353 e. The highest BCUT2D eigenvalue weighted by atomic mass is 19.1. The first kappa shape index (κ1) is 26.5. The summed E-state index contributed by atoms with van der Waals surface area (Å²) in [5.41, 5.74) is 3.41. The lowest BCUT2D eigenvalue weighted by Gasteiger charge is -2.37. The molecule has 0 spiro atoms. The van der Waals surface area contributed by atoms with E-state index in [-0.39, 0.29) is 11.7 Å². The van der Waals surface area contributed by atoms with Gasteiger partial charge in [0.1, 0.15) is 17.5 Å². The second-order valence-corrected chi connectivity index (χ2v) is 11.3. The Morgan fingerprint density at radius 2 is 1.60 bits per heavy atom. The lowest BCUT2D eigenvalue weighted by atomic mass is 10.1. The average molecular weight is 544 g/mol. The van der Waals surface area contributed by atoms with Gasteiger partial charge < -0.3 is 19.6 Å². The smallest absolute Gasteiger partial charge is 0.255 e. The molecule has 2 aromatic heterocycles. The maximum absolute atomic E-state index is 13.6. The van der Waals surface area contributed by atoms with Gasteiger partial charge in [-0.15, -0.1) is 0 Å². The van der Waals surface area contributed by atoms with E-state index >= 15 is 0 Å². The van der Waals surface area contributed by atoms with Crippen LogP contribution in [0.25, 0.3) is 11.3 Å². The third-order valence-electron chi connectivity index (χ3n) is 8.49. The molecule has 1 unspecified atom stereocenters. The molecular formula is C31H38FN7O. The molecule has 0 aliphatic carbocycles. The van der Waals surface area contributed by atoms with Crippen LogP contribution in [-0.2, 0) is 0 Å². The first-order valence-corrected chi connectivity index (χ1v) is 14.6. The maximum Gasteiger partial charge on any atom is 0.255 e. The summed E-state index contributed by atoms with van der Waals surface area (Å²) in [4.78, 5) is 36.5. The van der Waals surface area contributed by atoms with Crippen LogP contribution in [0.1, 0.15) is 54.9 Å². The molecule has 40 heavy (non-hydrogen) atoms. The number of aryl methyl sites for hydroxylation is 1. The number of aromatic nitrogens is 3. The highest BCUT2D eigenvalue weighted by molar-refractivity contribution is 5.94. The molecule has 9 heteroatoms. The van der Waals surface area contributed by atoms with Gasteiger partial charge >= 0.3 is 0 Å². The van der Waals surface area contributed by atoms with Crippen LogP contribution in [-0.4, -0.2) is 77.6 Å². The Kier molecular flexibility index (Phi) is 7.54. The van der Waals surface area contributed by atoms with Crippen LogP contribution in [0.15, 0.2) is 42.6 Å². The summed E-state index contributed by atoms with van der Waals surface area (Å²) in [7, 11) is 0. The van der Waals surface area contributed by atoms with E-state index in [2.05, 4.69) is 21.6 Å². The van der Waals surface area contributed by atoms with Crippen molar-refractivity contribution in [1.29, 1.82) is 0 Å². The predicted molar refractivity (Wildman–Crippen MR) is 157 cm³/mol. The molecule has 3 fully saturated rings. The minimum atomic E-state index is -0.254. The second-order valence-electron chi connectivity index (χ2n) is 11.3. The number of benzene rings is 1. The Balaban J connectivity index is 1.19. The van der Waals surface area contributed by atoms with E-state index in [1.54, 1.807) is 18.3 Å². The van der Waals surface area contributed by atoms with Crippen LogP contribution in [0, 0.1) is 12.7 Å². The molecule has 1 amide bonds. The van der Waals surface area contributed by atoms with Crippen LogP contribution in [0.2, 0.25) is 0 Å². The summed E-state index contributed by atoms with van der Waals surface area (Å²) < 4.78 is 13.6. The Bertz CT molecular complexity index is 1350. The molecule has 3 aliphatic rings. The summed E-state index contributed by atoms with van der Waals surface area (Å²) in [5, 5.41) is 0. The fourth-order valence-electron chi connectivity index (χ4n) is 6.15. The Hall–Kier alpha value is -3.75. The Morgan fingerprint density at radius 1 is 0.875 bits per heavy atom. The van der Waals surface area contributed by atoms with Gasteiger partial charge in [-0.2, -0.15) is 4.98 Å². The molecule has 1 aromatic carbocycles. The molecule has 3 aliphatic heterocycles. The number of hydrogen-bond acceptors (Lipinski definition) is 7. The van der Waals surface area contributed by atoms with Crippen molar-refractivity contribution in [3.8, 4) is 11.3 Å². The van der Waals surface area contributed by atoms with Crippen molar-refractivity contribution in [3.05, 3.63) is 59.5 Å². The topological polar surface area (TPSA) is 68.7 Å². The number of likely N-dealkylation sites (tertiary alicyclic amines) is 1. The number of piperazine rings is 1. The van der Waals surface area contributed by atoms with Gasteiger partial charge in [-0.1, -0.05) is 0 Å². The molecular weight excluding hydrogens is 505 g/mol. The van der Waals surface area contributed by atoms with Crippen LogP contribution in [0.4, 0.5) is 22.0 Å². The first-order valence-electron chi connectivity index (χ1n) is 14.6. The molecule has 0 bridgehead atoms. The van der Waals surface area contributed by atoms with Crippen molar-refractivity contribution in [2.75, 3.05) is 60.5 Å². The number of piperidine rings is 1. The molecule has 8 nitrogen and oxygen atoms in total. The Labute approximate surface area is 235 Å². The summed E-state index contributed by atoms with van der Waals surface area (Å²) in [5.74, 6) is 2.42. The Morgan fingerprint density at radius 3 is 2.27 bits per heavy atom. The van der Waals surface area contributed by atoms with Crippen molar-refractivity contribution in [1.82, 2.24) is 19.9 Å². The van der Waals surface area contributed by atoms with E-state index in [4.69, 9.17) is 15.0 Å². The zero-order chi connectivity index (χ0) is 27.6. The minimum absolute atomic E-state index is 0.0931. The number of rotatable bonds is 5. The summed E-state index contributed by atoms with van der Waals surface area (Å²) in [6, 6.07) is 10.9. The SMILES string of the molecule is Cc1cc(C(=O)N2CCCCC2)cnc1N1CCN(c2cc(-c3ccc(F)cc3)nc(N3CCCC3C)n2)CC1. The van der Waals surface area contributed by atoms with Gasteiger partial charge in [0.15, 0.2) is 0 Å². The fourth-order valence-corrected chi connectivity index (χ4v) is 6.15. The third-order valence-corrected chi connectivity index (χ3v) is 8.49. The van der Waals surface area contributed by atoms with Crippen molar-refractivity contribution >= 4 is 23.5 Å². The van der Waals surface area contributed by atoms with Gasteiger partial charge in [0, 0.05) is 69.7 Å². The standard InChI is InChI=1S/C31H38FN7O/c1-22-19-25(30(40)38-12-4-3-5-13-38)21-33-29(22)37-17-15-36(16-18-37)28-20-27(24-8-10-26(32)11-9-24)34-31(35-28)39-14-6-7-23(39)2/h8-11,19-21,23H,3-7,12-18H2,1-2H3. The highest BCUT2D eigenvalue weighted by Crippen LogP contribution is 2.30. The summed E-state index contributed by atoms with van der Waals surface area (Å²) in [6.07, 6.45) is 7.37. The molecule has 1 atom stereocenters. The zero-order valence-corrected chi connectivity index (χ0v) is 23.5. The third kappa shape index (κ3) is 5.46. The van der Waals surface area contributed by atoms with Crippen molar-refractivity contribution in [3.63, 3.8) is 0 Å². The van der Waals surface area contributed by atoms with Crippen LogP contribution < -0.4 is 14.7 Å². The van der Waals surface area contributed by atoms with E-state index in [9.17, 15) is 9.18 Å². The van der Waals surface area contributed by atoms with Gasteiger partial charge in [0.2, 0.25) is 5.95 Å². The molecule has 3 saturated heterocycles. The van der Waals surface area contributed by atoms with E-state index in [0.29, 0.717) is 11.6 Å². The number of amides is 1. The number of pyridine rings is 1. The summed E-state index contributed by atoms with van der Waals surface area (Å²) in [6.45, 7) is 10.1. The quantitative estimate of drug-likeness (QED) is 0.452. The normalized spacial score (nSPS) is 19.8. The maximum atomic E-state index is 13.6. The molecule has 210 valence electrons. The monoisotopic (exact) mass is 543 g/mol. The number of hydrogen-bond donors (Lipinski definition) is 0. The van der Waals surface area contributed by atoms with Crippen molar-refractivity contribution < 1.29 is 9.18 Å². The molecule has 0 radical (unpaired) electrons. The van der Waals surface area contributed by atoms with Gasteiger partial charge in [0.25, 0.3) is 5.91 Å². The number of halogens is 1. The largest absolute Gasteiger partial charge is 0.353 e. The van der Waals surface area contributed by atoms with Gasteiger partial charge in [0.05, 0.1) is 11.3 Å². The number of anilines is 3. The van der Waals surface area contributed by atoms with Crippen LogP contribution in [0.5, 0.6) is 0 Å². The highest BCUT2D eigenvalue weighted by Gasteiger charge is 2.27. The summed E-state index contributed by atoms with van der Waals surface area (Å²) >= 11 is 0. The van der Waals surface area contributed by atoms with E-state index < -0.39 is 0 Å². The number of carbonyl (C=O) groups is 1. The van der Waals surface area contributed by atoms with E-state index in [1.807, 2.05) is 24.0 Å². The van der Waals surface area contributed by atoms with E-state index in [1.165, 1.54) is 18.6 Å². The van der Waals surface area contributed by atoms with Gasteiger partial charge in [-0.05, 0) is 81.8 Å². The van der Waals surface area contributed by atoms with Crippen LogP contribution >= 0.6 is 0 Å². The van der Waals surface area contributed by atoms with Crippen LogP contribution in [0.3, 0.4) is 0 Å². The molecule has 0 saturated carbocycles. The zero-order valence-electron chi connectivity index (χ0n) is 23.5. The first-order chi connectivity index (χ1) is 19.5. The van der Waals surface area contributed by atoms with Crippen molar-refractivity contribution in [2.45, 2.75) is 52.0 Å². The van der Waals surface area contributed by atoms with Gasteiger partial charge in [-0.25, -0.2) is 14.4 Å². The molecule has 3 aromatic rings. The molecule has 6 rings (SSSR count). The second kappa shape index (κ2) is 11.4. The lowest BCUT2D eigenvalue weighted by Crippen LogP contribution is -2.47.